The minimum absolute atomic E-state index is 0.0477. The van der Waals surface area contributed by atoms with Gasteiger partial charge < -0.3 is 10.4 Å². The van der Waals surface area contributed by atoms with Gasteiger partial charge in [-0.1, -0.05) is 35.9 Å². The second kappa shape index (κ2) is 8.96. The summed E-state index contributed by atoms with van der Waals surface area (Å²) in [5.74, 6) is -1.36. The molecule has 1 atom stereocenters. The lowest BCUT2D eigenvalue weighted by molar-refractivity contribution is -0.384. The number of nitrogens with one attached hydrogen (secondary N) is 1. The van der Waals surface area contributed by atoms with Gasteiger partial charge in [-0.05, 0) is 29.7 Å². The quantitative estimate of drug-likeness (QED) is 0.543. The maximum Gasteiger partial charge on any atom is 0.305 e. The van der Waals surface area contributed by atoms with E-state index in [1.54, 1.807) is 36.4 Å². The summed E-state index contributed by atoms with van der Waals surface area (Å²) in [6.07, 6.45) is 0.0841. The standard InChI is InChI=1S/C18H17ClN2O5/c19-14-3-1-2-13(8-14)10-17(22)20-15(11-18(23)24)9-12-4-6-16(7-5-12)21(25)26/h1-8,15H,9-11H2,(H,20,22)(H,23,24)/t15-/m1/s1. The molecule has 2 aromatic rings. The number of nitro benzene ring substituents is 1. The van der Waals surface area contributed by atoms with Crippen molar-refractivity contribution in [1.29, 1.82) is 0 Å². The number of non-ortho nitro benzene ring substituents is 1. The molecule has 0 fully saturated rings. The number of nitrogens with zero attached hydrogens (tertiary/aromatic N) is 1. The number of carbonyl (C=O) groups is 2. The third-order valence-corrected chi connectivity index (χ3v) is 3.90. The Morgan fingerprint density at radius 1 is 1.15 bits per heavy atom. The first-order chi connectivity index (χ1) is 12.3. The van der Waals surface area contributed by atoms with E-state index in [0.29, 0.717) is 10.6 Å². The molecular formula is C18H17ClN2O5. The fourth-order valence-electron chi connectivity index (χ4n) is 2.53. The second-order valence-corrected chi connectivity index (χ2v) is 6.23. The van der Waals surface area contributed by atoms with E-state index in [1.807, 2.05) is 0 Å². The lowest BCUT2D eigenvalue weighted by Crippen LogP contribution is -2.38. The van der Waals surface area contributed by atoms with Crippen LogP contribution in [0.15, 0.2) is 48.5 Å². The SMILES string of the molecule is O=C(O)C[C@@H](Cc1ccc([N+](=O)[O-])cc1)NC(=O)Cc1cccc(Cl)c1. The van der Waals surface area contributed by atoms with Crippen molar-refractivity contribution < 1.29 is 19.6 Å². The Morgan fingerprint density at radius 2 is 1.85 bits per heavy atom. The molecule has 0 aliphatic carbocycles. The van der Waals surface area contributed by atoms with Crippen LogP contribution in [-0.4, -0.2) is 27.9 Å². The highest BCUT2D eigenvalue weighted by Crippen LogP contribution is 2.15. The van der Waals surface area contributed by atoms with Gasteiger partial charge in [0.2, 0.25) is 5.91 Å². The normalized spacial score (nSPS) is 11.6. The zero-order chi connectivity index (χ0) is 19.1. The Hall–Kier alpha value is -2.93. The van der Waals surface area contributed by atoms with Crippen molar-refractivity contribution in [2.45, 2.75) is 25.3 Å². The molecule has 2 N–H and O–H groups in total. The summed E-state index contributed by atoms with van der Waals surface area (Å²) >= 11 is 5.89. The average Bonchev–Trinajstić information content (AvgIpc) is 2.54. The van der Waals surface area contributed by atoms with E-state index in [-0.39, 0.29) is 30.9 Å². The fraction of sp³-hybridized carbons (Fsp3) is 0.222. The number of halogens is 1. The Labute approximate surface area is 154 Å². The highest BCUT2D eigenvalue weighted by atomic mass is 35.5. The van der Waals surface area contributed by atoms with Crippen LogP contribution >= 0.6 is 11.6 Å². The number of carboxylic acids is 1. The van der Waals surface area contributed by atoms with Crippen LogP contribution in [0.2, 0.25) is 5.02 Å². The maximum atomic E-state index is 12.2. The van der Waals surface area contributed by atoms with Gasteiger partial charge in [-0.3, -0.25) is 19.7 Å². The molecule has 0 heterocycles. The minimum Gasteiger partial charge on any atom is -0.481 e. The Kier molecular flexibility index (Phi) is 6.68. The van der Waals surface area contributed by atoms with Crippen LogP contribution in [0.5, 0.6) is 0 Å². The monoisotopic (exact) mass is 376 g/mol. The van der Waals surface area contributed by atoms with Gasteiger partial charge in [-0.25, -0.2) is 0 Å². The van der Waals surface area contributed by atoms with E-state index in [2.05, 4.69) is 5.32 Å². The maximum absolute atomic E-state index is 12.2. The van der Waals surface area contributed by atoms with Crippen molar-refractivity contribution >= 4 is 29.2 Å². The zero-order valence-electron chi connectivity index (χ0n) is 13.7. The molecule has 0 radical (unpaired) electrons. The number of nitro groups is 1. The topological polar surface area (TPSA) is 110 Å². The predicted octanol–water partition coefficient (Wildman–Crippen LogP) is 2.99. The summed E-state index contributed by atoms with van der Waals surface area (Å²) in [6.45, 7) is 0. The van der Waals surface area contributed by atoms with Crippen molar-refractivity contribution in [1.82, 2.24) is 5.32 Å². The molecule has 7 nitrogen and oxygen atoms in total. The molecule has 0 spiro atoms. The fourth-order valence-corrected chi connectivity index (χ4v) is 2.75. The van der Waals surface area contributed by atoms with E-state index in [1.165, 1.54) is 12.1 Å². The number of hydrogen-bond acceptors (Lipinski definition) is 4. The van der Waals surface area contributed by atoms with Gasteiger partial charge >= 0.3 is 5.97 Å². The van der Waals surface area contributed by atoms with Gasteiger partial charge in [0.15, 0.2) is 0 Å². The molecule has 0 unspecified atom stereocenters. The lowest BCUT2D eigenvalue weighted by Gasteiger charge is -2.17. The van der Waals surface area contributed by atoms with E-state index >= 15 is 0 Å². The van der Waals surface area contributed by atoms with Crippen LogP contribution in [0.3, 0.4) is 0 Å². The zero-order valence-corrected chi connectivity index (χ0v) is 14.5. The van der Waals surface area contributed by atoms with Gasteiger partial charge in [-0.2, -0.15) is 0 Å². The summed E-state index contributed by atoms with van der Waals surface area (Å²) < 4.78 is 0. The molecule has 26 heavy (non-hydrogen) atoms. The molecule has 1 amide bonds. The summed E-state index contributed by atoms with van der Waals surface area (Å²) in [4.78, 5) is 33.5. The number of carboxylic acid groups (broad SMARTS) is 1. The van der Waals surface area contributed by atoms with Crippen LogP contribution in [0.25, 0.3) is 0 Å². The largest absolute Gasteiger partial charge is 0.481 e. The number of benzene rings is 2. The molecule has 0 bridgehead atoms. The van der Waals surface area contributed by atoms with Crippen molar-refractivity contribution in [3.63, 3.8) is 0 Å². The van der Waals surface area contributed by atoms with E-state index < -0.39 is 16.9 Å². The molecule has 0 aliphatic rings. The van der Waals surface area contributed by atoms with Crippen molar-refractivity contribution in [2.75, 3.05) is 0 Å². The van der Waals surface area contributed by atoms with E-state index in [0.717, 1.165) is 5.56 Å². The molecule has 0 aliphatic heterocycles. The van der Waals surface area contributed by atoms with Gasteiger partial charge in [0.05, 0.1) is 17.8 Å². The number of hydrogen-bond donors (Lipinski definition) is 2. The Balaban J connectivity index is 2.02. The van der Waals surface area contributed by atoms with Gasteiger partial charge in [0.25, 0.3) is 5.69 Å². The molecule has 136 valence electrons. The van der Waals surface area contributed by atoms with Gasteiger partial charge in [0, 0.05) is 23.2 Å². The third kappa shape index (κ3) is 6.18. The summed E-state index contributed by atoms with van der Waals surface area (Å²) in [7, 11) is 0. The average molecular weight is 377 g/mol. The smallest absolute Gasteiger partial charge is 0.305 e. The van der Waals surface area contributed by atoms with Crippen LogP contribution < -0.4 is 5.32 Å². The van der Waals surface area contributed by atoms with Gasteiger partial charge in [0.1, 0.15) is 0 Å². The molecule has 0 aromatic heterocycles. The minimum atomic E-state index is -1.04. The highest BCUT2D eigenvalue weighted by Gasteiger charge is 2.17. The van der Waals surface area contributed by atoms with Gasteiger partial charge in [-0.15, -0.1) is 0 Å². The van der Waals surface area contributed by atoms with Crippen LogP contribution in [0.4, 0.5) is 5.69 Å². The van der Waals surface area contributed by atoms with Crippen molar-refractivity contribution in [2.24, 2.45) is 0 Å². The number of carbonyl (C=O) groups excluding carboxylic acids is 1. The van der Waals surface area contributed by atoms with E-state index in [9.17, 15) is 19.7 Å². The van der Waals surface area contributed by atoms with Crippen LogP contribution in [0, 0.1) is 10.1 Å². The molecule has 2 aromatic carbocycles. The predicted molar refractivity (Wildman–Crippen MR) is 96.1 cm³/mol. The number of aliphatic carboxylic acids is 1. The molecule has 0 saturated carbocycles. The molecule has 2 rings (SSSR count). The molecular weight excluding hydrogens is 360 g/mol. The summed E-state index contributed by atoms with van der Waals surface area (Å²) in [5, 5.41) is 23.0. The highest BCUT2D eigenvalue weighted by molar-refractivity contribution is 6.30. The first-order valence-corrected chi connectivity index (χ1v) is 8.20. The first-order valence-electron chi connectivity index (χ1n) is 7.82. The number of rotatable bonds is 8. The lowest BCUT2D eigenvalue weighted by atomic mass is 10.0. The second-order valence-electron chi connectivity index (χ2n) is 5.80. The van der Waals surface area contributed by atoms with Crippen molar-refractivity contribution in [3.8, 4) is 0 Å². The Morgan fingerprint density at radius 3 is 2.42 bits per heavy atom. The van der Waals surface area contributed by atoms with E-state index in [4.69, 9.17) is 16.7 Å². The third-order valence-electron chi connectivity index (χ3n) is 3.67. The first kappa shape index (κ1) is 19.4. The number of amides is 1. The summed E-state index contributed by atoms with van der Waals surface area (Å²) in [5.41, 5.74) is 1.37. The van der Waals surface area contributed by atoms with Crippen LogP contribution in [0.1, 0.15) is 17.5 Å². The molecule has 0 saturated heterocycles. The van der Waals surface area contributed by atoms with Crippen LogP contribution in [-0.2, 0) is 22.4 Å². The van der Waals surface area contributed by atoms with Crippen molar-refractivity contribution in [3.05, 3.63) is 74.8 Å². The Bertz CT molecular complexity index is 807. The molecule has 8 heteroatoms. The summed E-state index contributed by atoms with van der Waals surface area (Å²) in [6, 6.07) is 12.0.